The van der Waals surface area contributed by atoms with Crippen LogP contribution in [0.4, 0.5) is 11.4 Å². The normalized spacial score (nSPS) is 11.8. The van der Waals surface area contributed by atoms with Gasteiger partial charge in [0.25, 0.3) is 17.5 Å². The zero-order chi connectivity index (χ0) is 18.7. The molecule has 9 nitrogen and oxygen atoms in total. The number of aromatic nitrogens is 2. The highest BCUT2D eigenvalue weighted by Gasteiger charge is 2.22. The maximum Gasteiger partial charge on any atom is 0.339 e. The molecule has 0 radical (unpaired) electrons. The molecule has 0 spiro atoms. The molecule has 134 valence electrons. The monoisotopic (exact) mass is 374 g/mol. The van der Waals surface area contributed by atoms with Gasteiger partial charge in [0, 0.05) is 13.1 Å². The van der Waals surface area contributed by atoms with Crippen molar-refractivity contribution in [3.8, 4) is 10.8 Å². The summed E-state index contributed by atoms with van der Waals surface area (Å²) in [6.45, 7) is 1.58. The largest absolute Gasteiger partial charge is 0.449 e. The van der Waals surface area contributed by atoms with E-state index >= 15 is 0 Å². The molecule has 0 aliphatic heterocycles. The van der Waals surface area contributed by atoms with Gasteiger partial charge in [-0.3, -0.25) is 10.1 Å². The summed E-state index contributed by atoms with van der Waals surface area (Å²) >= 11 is 1.45. The molecule has 0 amide bonds. The van der Waals surface area contributed by atoms with Crippen molar-refractivity contribution in [2.75, 3.05) is 12.4 Å². The number of nitro benzene ring substituents is 1. The Balaban J connectivity index is 1.75. The smallest absolute Gasteiger partial charge is 0.339 e. The number of esters is 1. The summed E-state index contributed by atoms with van der Waals surface area (Å²) in [4.78, 5) is 23.6. The first-order valence-corrected chi connectivity index (χ1v) is 8.42. The number of hydrogen-bond donors (Lipinski definition) is 1. The maximum atomic E-state index is 12.3. The number of benzene rings is 1. The minimum atomic E-state index is -0.799. The van der Waals surface area contributed by atoms with E-state index in [0.29, 0.717) is 11.6 Å². The Morgan fingerprint density at radius 1 is 1.38 bits per heavy atom. The van der Waals surface area contributed by atoms with Crippen molar-refractivity contribution < 1.29 is 18.9 Å². The number of anilines is 1. The fraction of sp³-hybridized carbons (Fsp3) is 0.188. The standard InChI is InChI=1S/C16H14N4O5S/c1-9(14-18-19-15(25-14)13-4-3-7-26-13)24-16(21)10-5-6-11(17-2)12(8-10)20(22)23/h3-9,17H,1-2H3/t9-/m1/s1. The number of carbonyl (C=O) groups is 1. The summed E-state index contributed by atoms with van der Waals surface area (Å²) in [5, 5.41) is 23.5. The van der Waals surface area contributed by atoms with E-state index in [9.17, 15) is 14.9 Å². The molecule has 0 bridgehead atoms. The average molecular weight is 374 g/mol. The van der Waals surface area contributed by atoms with Gasteiger partial charge >= 0.3 is 5.97 Å². The van der Waals surface area contributed by atoms with Gasteiger partial charge in [0.2, 0.25) is 0 Å². The molecule has 1 aromatic carbocycles. The van der Waals surface area contributed by atoms with Gasteiger partial charge in [0.05, 0.1) is 15.4 Å². The molecule has 10 heteroatoms. The Labute approximate surface area is 151 Å². The summed E-state index contributed by atoms with van der Waals surface area (Å²) in [5.74, 6) is -0.242. The Morgan fingerprint density at radius 3 is 2.85 bits per heavy atom. The third kappa shape index (κ3) is 3.54. The van der Waals surface area contributed by atoms with Gasteiger partial charge in [0.15, 0.2) is 6.10 Å². The second-order valence-electron chi connectivity index (χ2n) is 5.21. The highest BCUT2D eigenvalue weighted by Crippen LogP contribution is 2.28. The van der Waals surface area contributed by atoms with Crippen molar-refractivity contribution in [3.63, 3.8) is 0 Å². The molecular weight excluding hydrogens is 360 g/mol. The molecule has 1 atom stereocenters. The topological polar surface area (TPSA) is 120 Å². The van der Waals surface area contributed by atoms with Crippen LogP contribution < -0.4 is 5.32 Å². The summed E-state index contributed by atoms with van der Waals surface area (Å²) in [7, 11) is 1.56. The van der Waals surface area contributed by atoms with Crippen LogP contribution in [0, 0.1) is 10.1 Å². The van der Waals surface area contributed by atoms with Crippen molar-refractivity contribution >= 4 is 28.7 Å². The average Bonchev–Trinajstić information content (AvgIpc) is 3.32. The molecule has 2 heterocycles. The van der Waals surface area contributed by atoms with Crippen molar-refractivity contribution in [2.45, 2.75) is 13.0 Å². The fourth-order valence-electron chi connectivity index (χ4n) is 2.20. The Kier molecular flexibility index (Phi) is 4.94. The summed E-state index contributed by atoms with van der Waals surface area (Å²) < 4.78 is 10.8. The van der Waals surface area contributed by atoms with Gasteiger partial charge in [-0.15, -0.1) is 21.5 Å². The number of carbonyl (C=O) groups excluding carboxylic acids is 1. The second-order valence-corrected chi connectivity index (χ2v) is 6.16. The zero-order valence-corrected chi connectivity index (χ0v) is 14.6. The predicted molar refractivity (Wildman–Crippen MR) is 94.1 cm³/mol. The Morgan fingerprint density at radius 2 is 2.19 bits per heavy atom. The van der Waals surface area contributed by atoms with Crippen LogP contribution in [0.2, 0.25) is 0 Å². The molecule has 0 unspecified atom stereocenters. The second kappa shape index (κ2) is 7.31. The lowest BCUT2D eigenvalue weighted by Gasteiger charge is -2.10. The maximum absolute atomic E-state index is 12.3. The van der Waals surface area contributed by atoms with Crippen LogP contribution in [-0.2, 0) is 4.74 Å². The van der Waals surface area contributed by atoms with Crippen molar-refractivity contribution in [1.82, 2.24) is 10.2 Å². The van der Waals surface area contributed by atoms with Crippen LogP contribution in [0.5, 0.6) is 0 Å². The lowest BCUT2D eigenvalue weighted by Crippen LogP contribution is -2.10. The highest BCUT2D eigenvalue weighted by molar-refractivity contribution is 7.13. The van der Waals surface area contributed by atoms with Gasteiger partial charge in [-0.1, -0.05) is 6.07 Å². The number of hydrogen-bond acceptors (Lipinski definition) is 9. The van der Waals surface area contributed by atoms with Crippen molar-refractivity contribution in [3.05, 3.63) is 57.3 Å². The van der Waals surface area contributed by atoms with Crippen LogP contribution in [0.3, 0.4) is 0 Å². The zero-order valence-electron chi connectivity index (χ0n) is 13.8. The summed E-state index contributed by atoms with van der Waals surface area (Å²) in [6, 6.07) is 7.74. The van der Waals surface area contributed by atoms with Crippen LogP contribution in [0.15, 0.2) is 40.1 Å². The first-order valence-electron chi connectivity index (χ1n) is 7.54. The predicted octanol–water partition coefficient (Wildman–Crippen LogP) is 3.67. The van der Waals surface area contributed by atoms with Crippen molar-refractivity contribution in [2.24, 2.45) is 0 Å². The van der Waals surface area contributed by atoms with E-state index in [1.807, 2.05) is 17.5 Å². The summed E-state index contributed by atoms with van der Waals surface area (Å²) in [5.41, 5.74) is 0.144. The number of ether oxygens (including phenoxy) is 1. The van der Waals surface area contributed by atoms with Gasteiger partial charge in [0.1, 0.15) is 5.69 Å². The fourth-order valence-corrected chi connectivity index (χ4v) is 2.84. The molecule has 26 heavy (non-hydrogen) atoms. The minimum Gasteiger partial charge on any atom is -0.449 e. The van der Waals surface area contributed by atoms with Crippen LogP contribution in [-0.4, -0.2) is 28.1 Å². The van der Waals surface area contributed by atoms with E-state index in [4.69, 9.17) is 9.15 Å². The third-order valence-electron chi connectivity index (χ3n) is 3.50. The quantitative estimate of drug-likeness (QED) is 0.394. The Hall–Kier alpha value is -3.27. The van der Waals surface area contributed by atoms with Crippen LogP contribution >= 0.6 is 11.3 Å². The molecule has 0 aliphatic rings. The Bertz CT molecular complexity index is 938. The molecule has 1 N–H and O–H groups in total. The van der Waals surface area contributed by atoms with Gasteiger partial charge in [-0.05, 0) is 30.5 Å². The number of rotatable bonds is 6. The number of nitro groups is 1. The molecular formula is C16H14N4O5S. The van der Waals surface area contributed by atoms with E-state index in [1.165, 1.54) is 23.5 Å². The lowest BCUT2D eigenvalue weighted by molar-refractivity contribution is -0.384. The molecule has 2 aromatic heterocycles. The van der Waals surface area contributed by atoms with E-state index < -0.39 is 17.0 Å². The molecule has 3 aromatic rings. The molecule has 0 saturated carbocycles. The SMILES string of the molecule is CNc1ccc(C(=O)O[C@H](C)c2nnc(-c3cccs3)o2)cc1[N+](=O)[O-]. The summed E-state index contributed by atoms with van der Waals surface area (Å²) in [6.07, 6.45) is -0.799. The van der Waals surface area contributed by atoms with Crippen molar-refractivity contribution in [1.29, 1.82) is 0 Å². The minimum absolute atomic E-state index is 0.0561. The first kappa shape index (κ1) is 17.5. The van der Waals surface area contributed by atoms with Gasteiger partial charge in [-0.25, -0.2) is 4.79 Å². The number of nitrogens with zero attached hydrogens (tertiary/aromatic N) is 3. The van der Waals surface area contributed by atoms with E-state index in [1.54, 1.807) is 14.0 Å². The van der Waals surface area contributed by atoms with Crippen LogP contribution in [0.1, 0.15) is 29.3 Å². The van der Waals surface area contributed by atoms with E-state index in [0.717, 1.165) is 10.9 Å². The van der Waals surface area contributed by atoms with E-state index in [-0.39, 0.29) is 17.1 Å². The lowest BCUT2D eigenvalue weighted by atomic mass is 10.1. The number of nitrogens with one attached hydrogen (secondary N) is 1. The first-order chi connectivity index (χ1) is 12.5. The highest BCUT2D eigenvalue weighted by atomic mass is 32.1. The van der Waals surface area contributed by atoms with E-state index in [2.05, 4.69) is 15.5 Å². The molecule has 0 aliphatic carbocycles. The van der Waals surface area contributed by atoms with Crippen LogP contribution in [0.25, 0.3) is 10.8 Å². The van der Waals surface area contributed by atoms with Gasteiger partial charge < -0.3 is 14.5 Å². The molecule has 3 rings (SSSR count). The third-order valence-corrected chi connectivity index (χ3v) is 4.36. The number of thiophene rings is 1. The molecule has 0 fully saturated rings. The van der Waals surface area contributed by atoms with Gasteiger partial charge in [-0.2, -0.15) is 0 Å². The molecule has 0 saturated heterocycles.